The van der Waals surface area contributed by atoms with Gasteiger partial charge in [0, 0.05) is 5.69 Å². The highest BCUT2D eigenvalue weighted by Crippen LogP contribution is 2.53. The zero-order chi connectivity index (χ0) is 12.6. The molecule has 6 heteroatoms. The molecule has 1 amide bonds. The number of ether oxygens (including phenoxy) is 1. The summed E-state index contributed by atoms with van der Waals surface area (Å²) in [6.45, 7) is 1.83. The number of halogens is 2. The van der Waals surface area contributed by atoms with Crippen molar-refractivity contribution >= 4 is 34.9 Å². The van der Waals surface area contributed by atoms with Crippen LogP contribution in [0.3, 0.4) is 0 Å². The highest BCUT2D eigenvalue weighted by molar-refractivity contribution is 6.52. The second-order valence-electron chi connectivity index (χ2n) is 4.01. The summed E-state index contributed by atoms with van der Waals surface area (Å²) >= 11 is 11.7. The van der Waals surface area contributed by atoms with Crippen molar-refractivity contribution in [2.75, 3.05) is 12.4 Å². The van der Waals surface area contributed by atoms with Crippen molar-refractivity contribution in [3.63, 3.8) is 0 Å². The minimum Gasteiger partial charge on any atom is -0.493 e. The van der Waals surface area contributed by atoms with Crippen molar-refractivity contribution in [1.82, 2.24) is 4.98 Å². The number of amides is 1. The number of carbonyl (C=O) groups is 1. The SMILES string of the molecule is COc1ccc(C)nc1NC(=O)C1CC1(Cl)Cl. The minimum absolute atomic E-state index is 0.230. The third kappa shape index (κ3) is 2.64. The molecule has 92 valence electrons. The Morgan fingerprint density at radius 3 is 2.76 bits per heavy atom. The molecule has 1 atom stereocenters. The summed E-state index contributed by atoms with van der Waals surface area (Å²) < 4.78 is 4.18. The molecule has 17 heavy (non-hydrogen) atoms. The molecule has 0 aromatic carbocycles. The van der Waals surface area contributed by atoms with E-state index in [1.807, 2.05) is 6.92 Å². The molecule has 1 aliphatic rings. The Morgan fingerprint density at radius 2 is 2.24 bits per heavy atom. The van der Waals surface area contributed by atoms with Crippen molar-refractivity contribution in [2.24, 2.45) is 5.92 Å². The number of nitrogens with one attached hydrogen (secondary N) is 1. The summed E-state index contributed by atoms with van der Waals surface area (Å²) in [6, 6.07) is 3.55. The first-order valence-electron chi connectivity index (χ1n) is 5.14. The molecule has 0 saturated heterocycles. The van der Waals surface area contributed by atoms with Gasteiger partial charge in [-0.15, -0.1) is 23.2 Å². The fourth-order valence-corrected chi connectivity index (χ4v) is 2.01. The number of aromatic nitrogens is 1. The lowest BCUT2D eigenvalue weighted by atomic mass is 10.3. The predicted octanol–water partition coefficient (Wildman–Crippen LogP) is 2.53. The van der Waals surface area contributed by atoms with Gasteiger partial charge in [0.05, 0.1) is 13.0 Å². The van der Waals surface area contributed by atoms with Gasteiger partial charge in [0.1, 0.15) is 4.33 Å². The molecule has 1 saturated carbocycles. The number of nitrogens with zero attached hydrogens (tertiary/aromatic N) is 1. The van der Waals surface area contributed by atoms with Gasteiger partial charge in [0.15, 0.2) is 11.6 Å². The van der Waals surface area contributed by atoms with Crippen LogP contribution in [0.15, 0.2) is 12.1 Å². The number of carbonyl (C=O) groups excluding carboxylic acids is 1. The summed E-state index contributed by atoms with van der Waals surface area (Å²) in [7, 11) is 1.52. The fraction of sp³-hybridized carbons (Fsp3) is 0.455. The summed E-state index contributed by atoms with van der Waals surface area (Å²) in [6.07, 6.45) is 0.468. The van der Waals surface area contributed by atoms with E-state index in [0.29, 0.717) is 18.0 Å². The largest absolute Gasteiger partial charge is 0.493 e. The van der Waals surface area contributed by atoms with Crippen LogP contribution in [0.25, 0.3) is 0 Å². The number of hydrogen-bond donors (Lipinski definition) is 1. The maximum absolute atomic E-state index is 11.8. The average Bonchev–Trinajstić information content (AvgIpc) is 2.88. The molecule has 1 aromatic heterocycles. The average molecular weight is 275 g/mol. The highest BCUT2D eigenvalue weighted by Gasteiger charge is 2.56. The fourth-order valence-electron chi connectivity index (χ4n) is 1.50. The standard InChI is InChI=1S/C11H12Cl2N2O2/c1-6-3-4-8(17-2)9(14-6)15-10(16)7-5-11(7,12)13/h3-4,7H,5H2,1-2H3,(H,14,15,16). The van der Waals surface area contributed by atoms with Crippen LogP contribution in [0.2, 0.25) is 0 Å². The third-order valence-corrected chi connectivity index (χ3v) is 3.44. The zero-order valence-corrected chi connectivity index (χ0v) is 11.0. The summed E-state index contributed by atoms with van der Waals surface area (Å²) in [5, 5.41) is 2.68. The Balaban J connectivity index is 2.13. The lowest BCUT2D eigenvalue weighted by Gasteiger charge is -2.09. The molecule has 1 N–H and O–H groups in total. The predicted molar refractivity (Wildman–Crippen MR) is 66.7 cm³/mol. The zero-order valence-electron chi connectivity index (χ0n) is 9.46. The maximum atomic E-state index is 11.8. The van der Waals surface area contributed by atoms with Crippen LogP contribution in [0.5, 0.6) is 5.75 Å². The molecule has 1 heterocycles. The quantitative estimate of drug-likeness (QED) is 0.862. The van der Waals surface area contributed by atoms with Crippen molar-refractivity contribution in [2.45, 2.75) is 17.7 Å². The van der Waals surface area contributed by atoms with Crippen molar-refractivity contribution in [1.29, 1.82) is 0 Å². The van der Waals surface area contributed by atoms with Gasteiger partial charge in [-0.05, 0) is 25.5 Å². The molecule has 1 aliphatic carbocycles. The van der Waals surface area contributed by atoms with Crippen LogP contribution < -0.4 is 10.1 Å². The molecule has 4 nitrogen and oxygen atoms in total. The van der Waals surface area contributed by atoms with Crippen LogP contribution in [-0.4, -0.2) is 22.3 Å². The molecule has 1 aromatic rings. The van der Waals surface area contributed by atoms with Gasteiger partial charge in [-0.1, -0.05) is 0 Å². The topological polar surface area (TPSA) is 51.2 Å². The molecular formula is C11H12Cl2N2O2. The molecule has 0 bridgehead atoms. The van der Waals surface area contributed by atoms with Gasteiger partial charge >= 0.3 is 0 Å². The number of rotatable bonds is 3. The molecule has 0 aliphatic heterocycles. The first kappa shape index (κ1) is 12.5. The van der Waals surface area contributed by atoms with Crippen LogP contribution in [0.4, 0.5) is 5.82 Å². The number of hydrogen-bond acceptors (Lipinski definition) is 3. The van der Waals surface area contributed by atoms with E-state index in [9.17, 15) is 4.79 Å². The van der Waals surface area contributed by atoms with Crippen molar-refractivity contribution in [3.8, 4) is 5.75 Å². The van der Waals surface area contributed by atoms with E-state index in [1.165, 1.54) is 7.11 Å². The van der Waals surface area contributed by atoms with E-state index in [-0.39, 0.29) is 11.8 Å². The Kier molecular flexibility index (Phi) is 3.19. The van der Waals surface area contributed by atoms with Gasteiger partial charge in [0.25, 0.3) is 0 Å². The van der Waals surface area contributed by atoms with Crippen LogP contribution >= 0.6 is 23.2 Å². The number of alkyl halides is 2. The van der Waals surface area contributed by atoms with E-state index in [4.69, 9.17) is 27.9 Å². The minimum atomic E-state index is -0.929. The van der Waals surface area contributed by atoms with Gasteiger partial charge in [-0.2, -0.15) is 0 Å². The lowest BCUT2D eigenvalue weighted by Crippen LogP contribution is -2.18. The summed E-state index contributed by atoms with van der Waals surface area (Å²) in [5.74, 6) is 0.303. The van der Waals surface area contributed by atoms with Gasteiger partial charge in [-0.25, -0.2) is 4.98 Å². The summed E-state index contributed by atoms with van der Waals surface area (Å²) in [4.78, 5) is 16.0. The monoisotopic (exact) mass is 274 g/mol. The van der Waals surface area contributed by atoms with Gasteiger partial charge < -0.3 is 10.1 Å². The van der Waals surface area contributed by atoms with Crippen LogP contribution in [0, 0.1) is 12.8 Å². The second-order valence-corrected chi connectivity index (χ2v) is 5.55. The molecule has 2 rings (SSSR count). The smallest absolute Gasteiger partial charge is 0.231 e. The van der Waals surface area contributed by atoms with Crippen molar-refractivity contribution < 1.29 is 9.53 Å². The Morgan fingerprint density at radius 1 is 1.59 bits per heavy atom. The van der Waals surface area contributed by atoms with E-state index in [0.717, 1.165) is 5.69 Å². The first-order chi connectivity index (χ1) is 7.94. The third-order valence-electron chi connectivity index (χ3n) is 2.60. The molecule has 1 unspecified atom stereocenters. The van der Waals surface area contributed by atoms with Gasteiger partial charge in [0.2, 0.25) is 5.91 Å². The van der Waals surface area contributed by atoms with Crippen LogP contribution in [-0.2, 0) is 4.79 Å². The maximum Gasteiger partial charge on any atom is 0.231 e. The molecule has 0 spiro atoms. The Labute approximate surface area is 109 Å². The number of pyridine rings is 1. The second kappa shape index (κ2) is 4.35. The van der Waals surface area contributed by atoms with Crippen molar-refractivity contribution in [3.05, 3.63) is 17.8 Å². The molecule has 1 fully saturated rings. The molecular weight excluding hydrogens is 263 g/mol. The Hall–Kier alpha value is -1.00. The lowest BCUT2D eigenvalue weighted by molar-refractivity contribution is -0.117. The van der Waals surface area contributed by atoms with E-state index >= 15 is 0 Å². The normalized spacial score (nSPS) is 20.8. The summed E-state index contributed by atoms with van der Waals surface area (Å²) in [5.41, 5.74) is 0.792. The number of anilines is 1. The van der Waals surface area contributed by atoms with E-state index in [2.05, 4.69) is 10.3 Å². The highest BCUT2D eigenvalue weighted by atomic mass is 35.5. The van der Waals surface area contributed by atoms with E-state index < -0.39 is 4.33 Å². The number of aryl methyl sites for hydroxylation is 1. The van der Waals surface area contributed by atoms with E-state index in [1.54, 1.807) is 12.1 Å². The molecule has 0 radical (unpaired) electrons. The first-order valence-corrected chi connectivity index (χ1v) is 5.90. The Bertz CT molecular complexity index is 463. The van der Waals surface area contributed by atoms with Crippen LogP contribution in [0.1, 0.15) is 12.1 Å². The number of methoxy groups -OCH3 is 1. The van der Waals surface area contributed by atoms with Gasteiger partial charge in [-0.3, -0.25) is 4.79 Å².